The van der Waals surface area contributed by atoms with E-state index in [1.807, 2.05) is 14.0 Å². The van der Waals surface area contributed by atoms with E-state index >= 15 is 0 Å². The fourth-order valence-electron chi connectivity index (χ4n) is 2.92. The summed E-state index contributed by atoms with van der Waals surface area (Å²) >= 11 is 0. The van der Waals surface area contributed by atoms with Gasteiger partial charge in [-0.1, -0.05) is 30.7 Å². The minimum atomic E-state index is 0.707. The summed E-state index contributed by atoms with van der Waals surface area (Å²) in [6, 6.07) is 8.70. The third-order valence-corrected chi connectivity index (χ3v) is 4.26. The van der Waals surface area contributed by atoms with Crippen LogP contribution in [-0.4, -0.2) is 17.0 Å². The Morgan fingerprint density at radius 3 is 2.50 bits per heavy atom. The highest BCUT2D eigenvalue weighted by atomic mass is 15.0. The number of aromatic nitrogens is 2. The second-order valence-electron chi connectivity index (χ2n) is 5.56. The number of aryl methyl sites for hydroxylation is 1. The molecule has 0 bridgehead atoms. The van der Waals surface area contributed by atoms with Gasteiger partial charge >= 0.3 is 0 Å². The molecular formula is C17H21N3. The number of hydrogen-bond donors (Lipinski definition) is 1. The van der Waals surface area contributed by atoms with E-state index in [1.165, 1.54) is 30.4 Å². The van der Waals surface area contributed by atoms with E-state index in [9.17, 15) is 0 Å². The van der Waals surface area contributed by atoms with Gasteiger partial charge in [-0.05, 0) is 38.2 Å². The van der Waals surface area contributed by atoms with Crippen LogP contribution in [0.4, 0.5) is 5.82 Å². The summed E-state index contributed by atoms with van der Waals surface area (Å²) in [4.78, 5) is 9.17. The zero-order chi connectivity index (χ0) is 14.1. The molecule has 0 unspecified atom stereocenters. The summed E-state index contributed by atoms with van der Waals surface area (Å²) in [6.45, 7) is 4.05. The molecule has 0 spiro atoms. The number of anilines is 1. The van der Waals surface area contributed by atoms with E-state index in [1.54, 1.807) is 0 Å². The van der Waals surface area contributed by atoms with E-state index in [-0.39, 0.29) is 0 Å². The Morgan fingerprint density at radius 2 is 1.85 bits per heavy atom. The molecule has 0 amide bonds. The van der Waals surface area contributed by atoms with Crippen LogP contribution in [0.25, 0.3) is 11.3 Å². The molecule has 104 valence electrons. The SMILES string of the molecule is CNc1nc(C)nc(-c2ccccc2C2CCC2)c1C. The maximum atomic E-state index is 4.70. The zero-order valence-electron chi connectivity index (χ0n) is 12.4. The number of rotatable bonds is 3. The molecule has 1 heterocycles. The Labute approximate surface area is 120 Å². The summed E-state index contributed by atoms with van der Waals surface area (Å²) in [5.41, 5.74) is 4.92. The number of nitrogens with one attached hydrogen (secondary N) is 1. The highest BCUT2D eigenvalue weighted by Gasteiger charge is 2.23. The van der Waals surface area contributed by atoms with Crippen molar-refractivity contribution in [3.05, 3.63) is 41.2 Å². The van der Waals surface area contributed by atoms with Crippen molar-refractivity contribution >= 4 is 5.82 Å². The standard InChI is InChI=1S/C17H21N3/c1-11-16(19-12(2)20-17(11)18-3)15-10-5-4-9-14(15)13-7-6-8-13/h4-5,9-10,13H,6-8H2,1-3H3,(H,18,19,20). The fourth-order valence-corrected chi connectivity index (χ4v) is 2.92. The average molecular weight is 267 g/mol. The first-order valence-electron chi connectivity index (χ1n) is 7.33. The van der Waals surface area contributed by atoms with Crippen LogP contribution in [0.2, 0.25) is 0 Å². The zero-order valence-corrected chi connectivity index (χ0v) is 12.4. The van der Waals surface area contributed by atoms with Crippen molar-refractivity contribution in [1.82, 2.24) is 9.97 Å². The number of nitrogens with zero attached hydrogens (tertiary/aromatic N) is 2. The lowest BCUT2D eigenvalue weighted by Gasteiger charge is -2.28. The lowest BCUT2D eigenvalue weighted by molar-refractivity contribution is 0.420. The molecule has 3 rings (SSSR count). The quantitative estimate of drug-likeness (QED) is 0.911. The summed E-state index contributed by atoms with van der Waals surface area (Å²) in [7, 11) is 1.91. The minimum absolute atomic E-state index is 0.707. The van der Waals surface area contributed by atoms with Crippen LogP contribution in [0.3, 0.4) is 0 Å². The molecule has 0 atom stereocenters. The molecule has 20 heavy (non-hydrogen) atoms. The van der Waals surface area contributed by atoms with E-state index in [4.69, 9.17) is 4.98 Å². The van der Waals surface area contributed by atoms with Crippen molar-refractivity contribution in [2.75, 3.05) is 12.4 Å². The second kappa shape index (κ2) is 5.23. The number of hydrogen-bond acceptors (Lipinski definition) is 3. The first-order chi connectivity index (χ1) is 9.70. The largest absolute Gasteiger partial charge is 0.373 e. The summed E-state index contributed by atoms with van der Waals surface area (Å²) < 4.78 is 0. The predicted octanol–water partition coefficient (Wildman–Crippen LogP) is 4.07. The van der Waals surface area contributed by atoms with Gasteiger partial charge in [-0.3, -0.25) is 0 Å². The van der Waals surface area contributed by atoms with Crippen LogP contribution >= 0.6 is 0 Å². The molecule has 3 heteroatoms. The Morgan fingerprint density at radius 1 is 1.10 bits per heavy atom. The van der Waals surface area contributed by atoms with Gasteiger partial charge in [0.2, 0.25) is 0 Å². The van der Waals surface area contributed by atoms with Gasteiger partial charge in [-0.25, -0.2) is 9.97 Å². The second-order valence-corrected chi connectivity index (χ2v) is 5.56. The van der Waals surface area contributed by atoms with Crippen molar-refractivity contribution in [2.24, 2.45) is 0 Å². The lowest BCUT2D eigenvalue weighted by Crippen LogP contribution is -2.11. The van der Waals surface area contributed by atoms with Gasteiger partial charge in [0, 0.05) is 18.2 Å². The molecule has 3 nitrogen and oxygen atoms in total. The van der Waals surface area contributed by atoms with Gasteiger partial charge in [-0.15, -0.1) is 0 Å². The van der Waals surface area contributed by atoms with Crippen LogP contribution in [-0.2, 0) is 0 Å². The Kier molecular flexibility index (Phi) is 3.43. The minimum Gasteiger partial charge on any atom is -0.373 e. The maximum absolute atomic E-state index is 4.70. The smallest absolute Gasteiger partial charge is 0.132 e. The van der Waals surface area contributed by atoms with Crippen LogP contribution in [0.5, 0.6) is 0 Å². The molecule has 2 aromatic rings. The van der Waals surface area contributed by atoms with Crippen LogP contribution in [0.1, 0.15) is 42.1 Å². The van der Waals surface area contributed by atoms with Crippen molar-refractivity contribution in [3.8, 4) is 11.3 Å². The van der Waals surface area contributed by atoms with Crippen LogP contribution in [0, 0.1) is 13.8 Å². The van der Waals surface area contributed by atoms with E-state index in [2.05, 4.69) is 41.5 Å². The molecule has 1 aromatic heterocycles. The molecule has 0 radical (unpaired) electrons. The molecule has 1 aliphatic carbocycles. The van der Waals surface area contributed by atoms with Gasteiger partial charge in [0.1, 0.15) is 11.6 Å². The third-order valence-electron chi connectivity index (χ3n) is 4.26. The van der Waals surface area contributed by atoms with Crippen molar-refractivity contribution in [1.29, 1.82) is 0 Å². The summed E-state index contributed by atoms with van der Waals surface area (Å²) in [6.07, 6.45) is 3.96. The summed E-state index contributed by atoms with van der Waals surface area (Å²) in [5.74, 6) is 2.45. The van der Waals surface area contributed by atoms with E-state index in [0.717, 1.165) is 22.9 Å². The topological polar surface area (TPSA) is 37.8 Å². The molecule has 1 N–H and O–H groups in total. The normalized spacial score (nSPS) is 14.9. The van der Waals surface area contributed by atoms with Gasteiger partial charge < -0.3 is 5.32 Å². The average Bonchev–Trinajstić information content (AvgIpc) is 2.40. The number of benzene rings is 1. The highest BCUT2D eigenvalue weighted by Crippen LogP contribution is 2.41. The van der Waals surface area contributed by atoms with Gasteiger partial charge in [-0.2, -0.15) is 0 Å². The van der Waals surface area contributed by atoms with Crippen molar-refractivity contribution < 1.29 is 0 Å². The van der Waals surface area contributed by atoms with Crippen LogP contribution < -0.4 is 5.32 Å². The molecule has 1 aliphatic rings. The van der Waals surface area contributed by atoms with E-state index in [0.29, 0.717) is 5.92 Å². The Balaban J connectivity index is 2.16. The van der Waals surface area contributed by atoms with Crippen molar-refractivity contribution in [2.45, 2.75) is 39.0 Å². The molecule has 1 saturated carbocycles. The Hall–Kier alpha value is -1.90. The monoisotopic (exact) mass is 267 g/mol. The van der Waals surface area contributed by atoms with Gasteiger partial charge in [0.25, 0.3) is 0 Å². The first kappa shape index (κ1) is 13.1. The fraction of sp³-hybridized carbons (Fsp3) is 0.412. The van der Waals surface area contributed by atoms with Gasteiger partial charge in [0.05, 0.1) is 5.69 Å². The molecule has 1 aromatic carbocycles. The van der Waals surface area contributed by atoms with E-state index < -0.39 is 0 Å². The van der Waals surface area contributed by atoms with Crippen molar-refractivity contribution in [3.63, 3.8) is 0 Å². The highest BCUT2D eigenvalue weighted by molar-refractivity contribution is 5.71. The summed E-state index contributed by atoms with van der Waals surface area (Å²) in [5, 5.41) is 3.17. The maximum Gasteiger partial charge on any atom is 0.132 e. The molecule has 0 aliphatic heterocycles. The third kappa shape index (κ3) is 2.17. The van der Waals surface area contributed by atoms with Gasteiger partial charge in [0.15, 0.2) is 0 Å². The lowest BCUT2D eigenvalue weighted by atomic mass is 9.77. The molecule has 1 fully saturated rings. The predicted molar refractivity (Wildman–Crippen MR) is 83.1 cm³/mol. The molecular weight excluding hydrogens is 246 g/mol. The Bertz CT molecular complexity index is 630. The molecule has 0 saturated heterocycles. The first-order valence-corrected chi connectivity index (χ1v) is 7.33. The van der Waals surface area contributed by atoms with Crippen LogP contribution in [0.15, 0.2) is 24.3 Å².